The van der Waals surface area contributed by atoms with Crippen LogP contribution in [-0.2, 0) is 13.1 Å². The first-order valence-corrected chi connectivity index (χ1v) is 11.2. The van der Waals surface area contributed by atoms with Crippen LogP contribution in [0.4, 0.5) is 10.3 Å². The average molecular weight is 451 g/mol. The first-order chi connectivity index (χ1) is 15.7. The van der Waals surface area contributed by atoms with Crippen molar-refractivity contribution in [1.82, 2.24) is 24.4 Å². The van der Waals surface area contributed by atoms with Crippen LogP contribution in [0.25, 0.3) is 11.2 Å². The van der Waals surface area contributed by atoms with Crippen molar-refractivity contribution in [1.29, 1.82) is 0 Å². The molecule has 164 valence electrons. The number of hydrogen-bond acceptors (Lipinski definition) is 5. The predicted molar refractivity (Wildman–Crippen MR) is 124 cm³/mol. The Hall–Kier alpha value is -3.03. The van der Waals surface area contributed by atoms with E-state index in [1.807, 2.05) is 10.6 Å². The van der Waals surface area contributed by atoms with Crippen LogP contribution in [0.1, 0.15) is 24.0 Å². The van der Waals surface area contributed by atoms with E-state index in [0.717, 1.165) is 38.0 Å². The summed E-state index contributed by atoms with van der Waals surface area (Å²) in [5.74, 6) is 0.458. The van der Waals surface area contributed by atoms with Gasteiger partial charge in [0, 0.05) is 25.7 Å². The fourth-order valence-electron chi connectivity index (χ4n) is 4.23. The summed E-state index contributed by atoms with van der Waals surface area (Å²) < 4.78 is 15.4. The molecule has 0 radical (unpaired) electrons. The van der Waals surface area contributed by atoms with Crippen LogP contribution in [-0.4, -0.2) is 43.6 Å². The average Bonchev–Trinajstić information content (AvgIpc) is 3.15. The number of benzene rings is 2. The Bertz CT molecular complexity index is 1190. The summed E-state index contributed by atoms with van der Waals surface area (Å²) in [5, 5.41) is 3.96. The van der Waals surface area contributed by atoms with Crippen LogP contribution in [0.2, 0.25) is 5.15 Å². The van der Waals surface area contributed by atoms with Crippen molar-refractivity contribution in [3.63, 3.8) is 0 Å². The van der Waals surface area contributed by atoms with Gasteiger partial charge in [0.2, 0.25) is 5.95 Å². The molecule has 32 heavy (non-hydrogen) atoms. The molecule has 0 amide bonds. The van der Waals surface area contributed by atoms with Gasteiger partial charge in [-0.2, -0.15) is 4.98 Å². The Morgan fingerprint density at radius 3 is 2.41 bits per heavy atom. The summed E-state index contributed by atoms with van der Waals surface area (Å²) in [6, 6.07) is 17.3. The second kappa shape index (κ2) is 9.22. The number of rotatable bonds is 6. The van der Waals surface area contributed by atoms with Crippen molar-refractivity contribution in [3.05, 3.63) is 83.0 Å². The maximum atomic E-state index is 13.4. The van der Waals surface area contributed by atoms with Crippen molar-refractivity contribution in [2.75, 3.05) is 18.4 Å². The molecule has 5 rings (SSSR count). The lowest BCUT2D eigenvalue weighted by atomic mass is 10.0. The number of aromatic nitrogens is 4. The molecule has 1 aliphatic rings. The molecule has 0 saturated carbocycles. The van der Waals surface area contributed by atoms with Crippen LogP contribution in [0.15, 0.2) is 60.9 Å². The van der Waals surface area contributed by atoms with Crippen molar-refractivity contribution in [2.45, 2.75) is 32.0 Å². The fourth-order valence-corrected chi connectivity index (χ4v) is 4.46. The van der Waals surface area contributed by atoms with Gasteiger partial charge in [-0.1, -0.05) is 54.1 Å². The highest BCUT2D eigenvalue weighted by Gasteiger charge is 2.23. The number of halogens is 2. The Balaban J connectivity index is 1.33. The van der Waals surface area contributed by atoms with Crippen LogP contribution >= 0.6 is 11.6 Å². The first-order valence-electron chi connectivity index (χ1n) is 10.8. The molecule has 1 N–H and O–H groups in total. The lowest BCUT2D eigenvalue weighted by molar-refractivity contribution is 0.211. The summed E-state index contributed by atoms with van der Waals surface area (Å²) in [6.45, 7) is 3.51. The van der Waals surface area contributed by atoms with E-state index in [-0.39, 0.29) is 5.82 Å². The number of nitrogens with zero attached hydrogens (tertiary/aromatic N) is 5. The number of imidazole rings is 1. The third-order valence-corrected chi connectivity index (χ3v) is 6.20. The summed E-state index contributed by atoms with van der Waals surface area (Å²) in [5.41, 5.74) is 3.53. The van der Waals surface area contributed by atoms with E-state index in [2.05, 4.69) is 44.5 Å². The van der Waals surface area contributed by atoms with E-state index in [0.29, 0.717) is 34.9 Å². The van der Waals surface area contributed by atoms with Gasteiger partial charge in [-0.15, -0.1) is 0 Å². The number of fused-ring (bicyclic) bond motifs is 1. The van der Waals surface area contributed by atoms with Gasteiger partial charge in [0.25, 0.3) is 0 Å². The van der Waals surface area contributed by atoms with Crippen molar-refractivity contribution in [3.8, 4) is 0 Å². The third kappa shape index (κ3) is 4.59. The van der Waals surface area contributed by atoms with Gasteiger partial charge in [-0.05, 0) is 36.1 Å². The van der Waals surface area contributed by atoms with E-state index < -0.39 is 0 Å². The number of likely N-dealkylation sites (tertiary alicyclic amines) is 1. The zero-order valence-corrected chi connectivity index (χ0v) is 18.3. The molecule has 1 fully saturated rings. The topological polar surface area (TPSA) is 58.9 Å². The summed E-state index contributed by atoms with van der Waals surface area (Å²) in [6.07, 6.45) is 3.46. The van der Waals surface area contributed by atoms with Crippen molar-refractivity contribution in [2.24, 2.45) is 0 Å². The molecule has 6 nitrogen and oxygen atoms in total. The first kappa shape index (κ1) is 20.8. The zero-order chi connectivity index (χ0) is 21.9. The number of nitrogens with one attached hydrogen (secondary N) is 1. The molecular weight excluding hydrogens is 427 g/mol. The van der Waals surface area contributed by atoms with E-state index in [1.54, 1.807) is 12.1 Å². The number of anilines is 1. The summed E-state index contributed by atoms with van der Waals surface area (Å²) >= 11 is 6.40. The SMILES string of the molecule is Fc1ccc(Cn2c(NC3CCN(Cc4ccccc4)CC3)nc3ncnc(Cl)c32)cc1. The monoisotopic (exact) mass is 450 g/mol. The second-order valence-corrected chi connectivity index (χ2v) is 8.52. The van der Waals surface area contributed by atoms with Gasteiger partial charge in [0.05, 0.1) is 6.54 Å². The Labute approximate surface area is 191 Å². The minimum Gasteiger partial charge on any atom is -0.353 e. The second-order valence-electron chi connectivity index (χ2n) is 8.17. The molecule has 1 aliphatic heterocycles. The fraction of sp³-hybridized carbons (Fsp3) is 0.292. The van der Waals surface area contributed by atoms with Crippen LogP contribution < -0.4 is 5.32 Å². The molecule has 2 aromatic heterocycles. The molecule has 4 aromatic rings. The lowest BCUT2D eigenvalue weighted by Gasteiger charge is -2.32. The predicted octanol–water partition coefficient (Wildman–Crippen LogP) is 4.74. The normalized spacial score (nSPS) is 15.3. The van der Waals surface area contributed by atoms with Gasteiger partial charge < -0.3 is 9.88 Å². The van der Waals surface area contributed by atoms with E-state index in [1.165, 1.54) is 24.0 Å². The zero-order valence-electron chi connectivity index (χ0n) is 17.6. The van der Waals surface area contributed by atoms with Crippen molar-refractivity contribution >= 4 is 28.7 Å². The van der Waals surface area contributed by atoms with E-state index in [4.69, 9.17) is 16.6 Å². The third-order valence-electron chi connectivity index (χ3n) is 5.92. The molecular formula is C24H24ClFN6. The standard InChI is InChI=1S/C24H24ClFN6/c25-22-21-23(28-16-27-22)30-24(32(21)15-18-6-8-19(26)9-7-18)29-20-10-12-31(13-11-20)14-17-4-2-1-3-5-17/h1-9,16,20H,10-15H2,(H,27,28,29,30). The maximum Gasteiger partial charge on any atom is 0.206 e. The highest BCUT2D eigenvalue weighted by atomic mass is 35.5. The molecule has 0 aliphatic carbocycles. The Kier molecular flexibility index (Phi) is 6.01. The molecule has 0 atom stereocenters. The molecule has 8 heteroatoms. The molecule has 2 aromatic carbocycles. The quantitative estimate of drug-likeness (QED) is 0.430. The maximum absolute atomic E-state index is 13.4. The Morgan fingerprint density at radius 1 is 0.938 bits per heavy atom. The van der Waals surface area contributed by atoms with Gasteiger partial charge >= 0.3 is 0 Å². The van der Waals surface area contributed by atoms with Crippen LogP contribution in [0.3, 0.4) is 0 Å². The minimum atomic E-state index is -0.258. The smallest absolute Gasteiger partial charge is 0.206 e. The number of hydrogen-bond donors (Lipinski definition) is 1. The highest BCUT2D eigenvalue weighted by Crippen LogP contribution is 2.27. The van der Waals surface area contributed by atoms with Crippen LogP contribution in [0.5, 0.6) is 0 Å². The van der Waals surface area contributed by atoms with Crippen molar-refractivity contribution < 1.29 is 4.39 Å². The summed E-state index contributed by atoms with van der Waals surface area (Å²) in [7, 11) is 0. The number of piperidine rings is 1. The van der Waals surface area contributed by atoms with Gasteiger partial charge in [0.1, 0.15) is 17.7 Å². The largest absolute Gasteiger partial charge is 0.353 e. The Morgan fingerprint density at radius 2 is 1.66 bits per heavy atom. The molecule has 1 saturated heterocycles. The van der Waals surface area contributed by atoms with Gasteiger partial charge in [-0.25, -0.2) is 14.4 Å². The summed E-state index contributed by atoms with van der Waals surface area (Å²) in [4.78, 5) is 15.6. The van der Waals surface area contributed by atoms with E-state index >= 15 is 0 Å². The highest BCUT2D eigenvalue weighted by molar-refractivity contribution is 6.33. The van der Waals surface area contributed by atoms with Crippen LogP contribution in [0, 0.1) is 5.82 Å². The molecule has 0 unspecified atom stereocenters. The van der Waals surface area contributed by atoms with Gasteiger partial charge in [0.15, 0.2) is 10.8 Å². The lowest BCUT2D eigenvalue weighted by Crippen LogP contribution is -2.39. The van der Waals surface area contributed by atoms with Gasteiger partial charge in [-0.3, -0.25) is 4.90 Å². The molecule has 3 heterocycles. The van der Waals surface area contributed by atoms with E-state index in [9.17, 15) is 4.39 Å². The minimum absolute atomic E-state index is 0.258. The molecule has 0 spiro atoms. The molecule has 0 bridgehead atoms.